The molecule has 2 aromatic carbocycles. The van der Waals surface area contributed by atoms with Crippen LogP contribution in [-0.2, 0) is 6.54 Å². The van der Waals surface area contributed by atoms with E-state index < -0.39 is 0 Å². The van der Waals surface area contributed by atoms with Crippen LogP contribution in [-0.4, -0.2) is 16.3 Å². The predicted molar refractivity (Wildman–Crippen MR) is 99.6 cm³/mol. The predicted octanol–water partition coefficient (Wildman–Crippen LogP) is 4.32. The summed E-state index contributed by atoms with van der Waals surface area (Å²) in [5, 5.41) is 18.8. The van der Waals surface area contributed by atoms with Gasteiger partial charge >= 0.3 is 0 Å². The number of aromatic hydroxyl groups is 1. The van der Waals surface area contributed by atoms with E-state index in [9.17, 15) is 5.11 Å². The molecule has 24 heavy (non-hydrogen) atoms. The molecule has 2 saturated carbocycles. The zero-order valence-electron chi connectivity index (χ0n) is 14.7. The minimum absolute atomic E-state index is 0.0880. The SMILES string of the molecule is CC.NCc1ccccc1-c1ccccc1O.OC1CCC2CC12. The third-order valence-corrected chi connectivity index (χ3v) is 4.74. The highest BCUT2D eigenvalue weighted by Crippen LogP contribution is 2.51. The van der Waals surface area contributed by atoms with Crippen LogP contribution in [0.25, 0.3) is 11.1 Å². The van der Waals surface area contributed by atoms with Crippen LogP contribution in [0.2, 0.25) is 0 Å². The minimum Gasteiger partial charge on any atom is -0.507 e. The fourth-order valence-electron chi connectivity index (χ4n) is 3.34. The molecule has 2 aliphatic rings. The Balaban J connectivity index is 0.000000191. The maximum absolute atomic E-state index is 9.74. The normalized spacial score (nSPS) is 23.2. The van der Waals surface area contributed by atoms with E-state index in [0.717, 1.165) is 34.9 Å². The molecule has 0 heterocycles. The van der Waals surface area contributed by atoms with Gasteiger partial charge in [0.15, 0.2) is 0 Å². The first-order valence-electron chi connectivity index (χ1n) is 8.95. The molecular weight excluding hydrogens is 298 g/mol. The Morgan fingerprint density at radius 1 is 0.958 bits per heavy atom. The lowest BCUT2D eigenvalue weighted by atomic mass is 9.99. The molecule has 0 aromatic heterocycles. The number of benzene rings is 2. The molecule has 0 saturated heterocycles. The van der Waals surface area contributed by atoms with Gasteiger partial charge in [0.05, 0.1) is 6.10 Å². The number of nitrogens with two attached hydrogens (primary N) is 1. The van der Waals surface area contributed by atoms with Gasteiger partial charge in [-0.25, -0.2) is 0 Å². The standard InChI is InChI=1S/C13H13NO.C6H10O.C2H6/c14-9-10-5-1-2-6-11(10)12-7-3-4-8-13(12)15;7-6-2-1-4-3-5(4)6;1-2/h1-8,15H,9,14H2;4-7H,1-3H2;1-2H3. The summed E-state index contributed by atoms with van der Waals surface area (Å²) in [7, 11) is 0. The number of hydrogen-bond acceptors (Lipinski definition) is 3. The lowest BCUT2D eigenvalue weighted by molar-refractivity contribution is 0.159. The maximum atomic E-state index is 9.74. The van der Waals surface area contributed by atoms with Crippen LogP contribution in [0.4, 0.5) is 0 Å². The quantitative estimate of drug-likeness (QED) is 0.769. The summed E-state index contributed by atoms with van der Waals surface area (Å²) in [6.07, 6.45) is 3.78. The third kappa shape index (κ3) is 4.37. The third-order valence-electron chi connectivity index (χ3n) is 4.74. The molecule has 0 spiro atoms. The summed E-state index contributed by atoms with van der Waals surface area (Å²) in [6, 6.07) is 15.1. The van der Waals surface area contributed by atoms with Gasteiger partial charge < -0.3 is 15.9 Å². The van der Waals surface area contributed by atoms with Crippen molar-refractivity contribution in [2.45, 2.75) is 45.8 Å². The van der Waals surface area contributed by atoms with Crippen molar-refractivity contribution in [2.75, 3.05) is 0 Å². The number of phenols is 1. The monoisotopic (exact) mass is 327 g/mol. The molecular formula is C21H29NO2. The molecule has 3 atom stereocenters. The van der Waals surface area contributed by atoms with Crippen molar-refractivity contribution >= 4 is 0 Å². The summed E-state index contributed by atoms with van der Waals surface area (Å²) in [5.74, 6) is 1.97. The Morgan fingerprint density at radius 2 is 1.58 bits per heavy atom. The second-order valence-corrected chi connectivity index (χ2v) is 6.18. The van der Waals surface area contributed by atoms with Crippen molar-refractivity contribution in [1.82, 2.24) is 0 Å². The van der Waals surface area contributed by atoms with E-state index in [0.29, 0.717) is 12.3 Å². The van der Waals surface area contributed by atoms with Gasteiger partial charge in [0.25, 0.3) is 0 Å². The highest BCUT2D eigenvalue weighted by Gasteiger charge is 2.47. The van der Waals surface area contributed by atoms with E-state index in [4.69, 9.17) is 10.8 Å². The van der Waals surface area contributed by atoms with E-state index in [1.54, 1.807) is 6.07 Å². The van der Waals surface area contributed by atoms with Gasteiger partial charge in [0, 0.05) is 12.1 Å². The molecule has 0 amide bonds. The van der Waals surface area contributed by atoms with Crippen molar-refractivity contribution in [1.29, 1.82) is 0 Å². The fourth-order valence-corrected chi connectivity index (χ4v) is 3.34. The van der Waals surface area contributed by atoms with E-state index in [1.165, 1.54) is 12.8 Å². The van der Waals surface area contributed by atoms with Crippen LogP contribution in [0.5, 0.6) is 5.75 Å². The van der Waals surface area contributed by atoms with E-state index in [2.05, 4.69) is 0 Å². The fraction of sp³-hybridized carbons (Fsp3) is 0.429. The molecule has 3 nitrogen and oxygen atoms in total. The molecule has 0 radical (unpaired) electrons. The molecule has 0 bridgehead atoms. The van der Waals surface area contributed by atoms with Gasteiger partial charge in [-0.3, -0.25) is 0 Å². The van der Waals surface area contributed by atoms with E-state index >= 15 is 0 Å². The zero-order valence-corrected chi connectivity index (χ0v) is 14.7. The number of phenolic OH excluding ortho intramolecular Hbond substituents is 1. The molecule has 4 rings (SSSR count). The summed E-state index contributed by atoms with van der Waals surface area (Å²) >= 11 is 0. The van der Waals surface area contributed by atoms with Crippen LogP contribution in [0.3, 0.4) is 0 Å². The van der Waals surface area contributed by atoms with Gasteiger partial charge in [-0.15, -0.1) is 0 Å². The van der Waals surface area contributed by atoms with Crippen LogP contribution in [0, 0.1) is 11.8 Å². The summed E-state index contributed by atoms with van der Waals surface area (Å²) in [6.45, 7) is 4.48. The first-order valence-corrected chi connectivity index (χ1v) is 8.95. The largest absolute Gasteiger partial charge is 0.507 e. The first-order chi connectivity index (χ1) is 11.7. The average molecular weight is 327 g/mol. The molecule has 2 aromatic rings. The molecule has 2 fully saturated rings. The van der Waals surface area contributed by atoms with Gasteiger partial charge in [0.2, 0.25) is 0 Å². The van der Waals surface area contributed by atoms with Crippen LogP contribution in [0.1, 0.15) is 38.7 Å². The van der Waals surface area contributed by atoms with Gasteiger partial charge in [-0.05, 0) is 48.3 Å². The molecule has 3 unspecified atom stereocenters. The maximum Gasteiger partial charge on any atom is 0.123 e. The van der Waals surface area contributed by atoms with Gasteiger partial charge in [-0.2, -0.15) is 0 Å². The lowest BCUT2D eigenvalue weighted by Crippen LogP contribution is -2.02. The molecule has 3 heteroatoms. The van der Waals surface area contributed by atoms with E-state index in [1.807, 2.05) is 56.3 Å². The second kappa shape index (κ2) is 8.86. The summed E-state index contributed by atoms with van der Waals surface area (Å²) in [5.41, 5.74) is 8.53. The Kier molecular flexibility index (Phi) is 6.83. The van der Waals surface area contributed by atoms with Gasteiger partial charge in [-0.1, -0.05) is 56.3 Å². The number of aliphatic hydroxyl groups excluding tert-OH is 1. The highest BCUT2D eigenvalue weighted by atomic mass is 16.3. The molecule has 0 aliphatic heterocycles. The van der Waals surface area contributed by atoms with Crippen molar-refractivity contribution < 1.29 is 10.2 Å². The molecule has 2 aliphatic carbocycles. The first kappa shape index (κ1) is 18.5. The van der Waals surface area contributed by atoms with Crippen LogP contribution in [0.15, 0.2) is 48.5 Å². The number of fused-ring (bicyclic) bond motifs is 1. The minimum atomic E-state index is 0.0880. The van der Waals surface area contributed by atoms with Crippen LogP contribution < -0.4 is 5.73 Å². The smallest absolute Gasteiger partial charge is 0.123 e. The number of hydrogen-bond donors (Lipinski definition) is 3. The molecule has 4 N–H and O–H groups in total. The topological polar surface area (TPSA) is 66.5 Å². The Hall–Kier alpha value is -1.84. The zero-order chi connectivity index (χ0) is 17.5. The Bertz CT molecular complexity index is 641. The average Bonchev–Trinajstić information content (AvgIpc) is 3.34. The summed E-state index contributed by atoms with van der Waals surface area (Å²) < 4.78 is 0. The highest BCUT2D eigenvalue weighted by molar-refractivity contribution is 5.72. The van der Waals surface area contributed by atoms with Crippen molar-refractivity contribution in [2.24, 2.45) is 17.6 Å². The second-order valence-electron chi connectivity index (χ2n) is 6.18. The Morgan fingerprint density at radius 3 is 2.04 bits per heavy atom. The molecule has 130 valence electrons. The van der Waals surface area contributed by atoms with Crippen LogP contribution >= 0.6 is 0 Å². The van der Waals surface area contributed by atoms with Crippen molar-refractivity contribution in [3.8, 4) is 16.9 Å². The number of aliphatic hydroxyl groups is 1. The summed E-state index contributed by atoms with van der Waals surface area (Å²) in [4.78, 5) is 0. The van der Waals surface area contributed by atoms with Crippen molar-refractivity contribution in [3.63, 3.8) is 0 Å². The lowest BCUT2D eigenvalue weighted by Gasteiger charge is -2.08. The van der Waals surface area contributed by atoms with Crippen molar-refractivity contribution in [3.05, 3.63) is 54.1 Å². The van der Waals surface area contributed by atoms with Gasteiger partial charge in [0.1, 0.15) is 5.75 Å². The Labute approximate surface area is 145 Å². The number of para-hydroxylation sites is 1. The van der Waals surface area contributed by atoms with E-state index in [-0.39, 0.29) is 6.10 Å². The number of rotatable bonds is 2.